The molecule has 15 heteroatoms. The lowest BCUT2D eigenvalue weighted by molar-refractivity contribution is -0.148. The van der Waals surface area contributed by atoms with Crippen LogP contribution in [0, 0.1) is 0 Å². The van der Waals surface area contributed by atoms with Gasteiger partial charge in [-0.25, -0.2) is 4.79 Å². The minimum atomic E-state index is -1.90. The van der Waals surface area contributed by atoms with Crippen molar-refractivity contribution in [1.82, 2.24) is 16.0 Å². The Hall–Kier alpha value is -3.75. The molecule has 0 aromatic heterocycles. The number of rotatable bonds is 13. The van der Waals surface area contributed by atoms with Crippen molar-refractivity contribution < 1.29 is 48.9 Å². The first-order valence-electron chi connectivity index (χ1n) is 8.36. The number of hydrogen-bond donors (Lipinski definition) is 8. The predicted molar refractivity (Wildman–Crippen MR) is 95.4 cm³/mol. The molecule has 0 aromatic carbocycles. The summed E-state index contributed by atoms with van der Waals surface area (Å²) in [6.07, 6.45) is -2.73. The smallest absolute Gasteiger partial charge is 0.326 e. The predicted octanol–water partition coefficient (Wildman–Crippen LogP) is -4.30. The summed E-state index contributed by atoms with van der Waals surface area (Å²) in [6, 6.07) is -6.42. The van der Waals surface area contributed by atoms with Gasteiger partial charge in [-0.05, 0) is 6.92 Å². The highest BCUT2D eigenvalue weighted by molar-refractivity contribution is 5.97. The highest BCUT2D eigenvalue weighted by Gasteiger charge is 2.32. The lowest BCUT2D eigenvalue weighted by Crippen LogP contribution is -2.58. The summed E-state index contributed by atoms with van der Waals surface area (Å²) in [5.74, 6) is -9.16. The molecule has 4 atom stereocenters. The van der Waals surface area contributed by atoms with Gasteiger partial charge in [-0.1, -0.05) is 0 Å². The Morgan fingerprint density at radius 1 is 0.700 bits per heavy atom. The number of carbonyl (C=O) groups is 7. The first kappa shape index (κ1) is 26.2. The van der Waals surface area contributed by atoms with Gasteiger partial charge in [0.15, 0.2) is 0 Å². The van der Waals surface area contributed by atoms with E-state index < -0.39 is 85.0 Å². The number of carbonyl (C=O) groups excluding carboxylic acids is 4. The average Bonchev–Trinajstić information content (AvgIpc) is 2.58. The zero-order valence-corrected chi connectivity index (χ0v) is 15.8. The van der Waals surface area contributed by atoms with Crippen LogP contribution < -0.4 is 27.4 Å². The summed E-state index contributed by atoms with van der Waals surface area (Å²) in [4.78, 5) is 80.2. The largest absolute Gasteiger partial charge is 0.481 e. The van der Waals surface area contributed by atoms with Crippen molar-refractivity contribution in [3.63, 3.8) is 0 Å². The molecule has 0 saturated heterocycles. The summed E-state index contributed by atoms with van der Waals surface area (Å²) in [7, 11) is 0. The molecule has 0 aliphatic heterocycles. The van der Waals surface area contributed by atoms with Crippen LogP contribution in [-0.4, -0.2) is 81.0 Å². The number of hydrogen-bond acceptors (Lipinski definition) is 8. The summed E-state index contributed by atoms with van der Waals surface area (Å²) in [5.41, 5.74) is 10.4. The Labute approximate surface area is 169 Å². The first-order chi connectivity index (χ1) is 13.7. The van der Waals surface area contributed by atoms with E-state index in [9.17, 15) is 33.6 Å². The zero-order valence-electron chi connectivity index (χ0n) is 15.8. The molecule has 0 aromatic rings. The summed E-state index contributed by atoms with van der Waals surface area (Å²) >= 11 is 0. The van der Waals surface area contributed by atoms with Crippen molar-refractivity contribution in [3.8, 4) is 0 Å². The molecule has 0 bridgehead atoms. The molecule has 10 N–H and O–H groups in total. The van der Waals surface area contributed by atoms with Gasteiger partial charge in [-0.15, -0.1) is 0 Å². The normalized spacial score (nSPS) is 14.3. The maximum Gasteiger partial charge on any atom is 0.326 e. The minimum Gasteiger partial charge on any atom is -0.481 e. The zero-order chi connectivity index (χ0) is 23.6. The monoisotopic (exact) mass is 433 g/mol. The average molecular weight is 433 g/mol. The minimum absolute atomic E-state index is 0.706. The number of carboxylic acid groups (broad SMARTS) is 3. The number of nitrogens with one attached hydrogen (secondary N) is 3. The topological polar surface area (TPSA) is 268 Å². The van der Waals surface area contributed by atoms with E-state index in [1.165, 1.54) is 6.92 Å². The molecule has 168 valence electrons. The van der Waals surface area contributed by atoms with E-state index in [-0.39, 0.29) is 0 Å². The van der Waals surface area contributed by atoms with Crippen LogP contribution in [0.15, 0.2) is 0 Å². The van der Waals surface area contributed by atoms with Crippen LogP contribution >= 0.6 is 0 Å². The number of carboxylic acids is 3. The van der Waals surface area contributed by atoms with Crippen LogP contribution in [0.5, 0.6) is 0 Å². The van der Waals surface area contributed by atoms with Crippen molar-refractivity contribution in [2.75, 3.05) is 0 Å². The van der Waals surface area contributed by atoms with Gasteiger partial charge in [0.2, 0.25) is 23.6 Å². The molecule has 0 rings (SSSR count). The SMILES string of the molecule is CC(N)C(=O)NC(CC(N)=O)C(=O)NC(CC(=O)O)C(=O)NC(CC(=O)O)C(=O)O. The van der Waals surface area contributed by atoms with Crippen molar-refractivity contribution in [3.05, 3.63) is 0 Å². The van der Waals surface area contributed by atoms with Crippen LogP contribution in [0.4, 0.5) is 0 Å². The molecule has 0 spiro atoms. The Kier molecular flexibility index (Phi) is 10.5. The van der Waals surface area contributed by atoms with Crippen LogP contribution in [0.25, 0.3) is 0 Å². The molecule has 0 radical (unpaired) electrons. The van der Waals surface area contributed by atoms with E-state index in [4.69, 9.17) is 26.8 Å². The van der Waals surface area contributed by atoms with Gasteiger partial charge in [0.1, 0.15) is 18.1 Å². The second-order valence-corrected chi connectivity index (χ2v) is 6.18. The van der Waals surface area contributed by atoms with Crippen LogP contribution in [0.2, 0.25) is 0 Å². The van der Waals surface area contributed by atoms with E-state index in [2.05, 4.69) is 5.32 Å². The lowest BCUT2D eigenvalue weighted by atomic mass is 10.1. The Morgan fingerprint density at radius 3 is 1.43 bits per heavy atom. The van der Waals surface area contributed by atoms with Gasteiger partial charge in [-0.3, -0.25) is 28.8 Å². The third-order valence-corrected chi connectivity index (χ3v) is 3.46. The lowest BCUT2D eigenvalue weighted by Gasteiger charge is -2.23. The number of nitrogens with two attached hydrogens (primary N) is 2. The fourth-order valence-electron chi connectivity index (χ4n) is 2.02. The first-order valence-corrected chi connectivity index (χ1v) is 8.36. The van der Waals surface area contributed by atoms with Crippen molar-refractivity contribution in [2.45, 2.75) is 50.4 Å². The van der Waals surface area contributed by atoms with Gasteiger partial charge in [0.25, 0.3) is 0 Å². The second kappa shape index (κ2) is 11.9. The molecule has 0 aliphatic rings. The Balaban J connectivity index is 5.50. The van der Waals surface area contributed by atoms with Crippen molar-refractivity contribution in [1.29, 1.82) is 0 Å². The van der Waals surface area contributed by atoms with Gasteiger partial charge >= 0.3 is 17.9 Å². The molecular weight excluding hydrogens is 410 g/mol. The van der Waals surface area contributed by atoms with Crippen molar-refractivity contribution in [2.24, 2.45) is 11.5 Å². The standard InChI is InChI=1S/C15H23N5O10/c1-5(16)12(26)18-6(2-9(17)21)13(27)19-7(3-10(22)23)14(28)20-8(15(29)30)4-11(24)25/h5-8H,2-4,16H2,1H3,(H2,17,21)(H,18,26)(H,19,27)(H,20,28)(H,22,23)(H,24,25)(H,29,30). The van der Waals surface area contributed by atoms with Crippen molar-refractivity contribution >= 4 is 41.5 Å². The highest BCUT2D eigenvalue weighted by atomic mass is 16.4. The van der Waals surface area contributed by atoms with Crippen LogP contribution in [0.3, 0.4) is 0 Å². The number of primary amides is 1. The van der Waals surface area contributed by atoms with E-state index in [1.54, 1.807) is 5.32 Å². The molecular formula is C15H23N5O10. The van der Waals surface area contributed by atoms with Gasteiger partial charge in [-0.2, -0.15) is 0 Å². The summed E-state index contributed by atoms with van der Waals surface area (Å²) < 4.78 is 0. The van der Waals surface area contributed by atoms with E-state index >= 15 is 0 Å². The van der Waals surface area contributed by atoms with Gasteiger partial charge in [0.05, 0.1) is 25.3 Å². The molecule has 15 nitrogen and oxygen atoms in total. The number of amides is 4. The molecule has 0 fully saturated rings. The molecule has 0 aliphatic carbocycles. The van der Waals surface area contributed by atoms with Gasteiger partial charge < -0.3 is 42.7 Å². The summed E-state index contributed by atoms with van der Waals surface area (Å²) in [6.45, 7) is 1.28. The molecule has 4 amide bonds. The Morgan fingerprint density at radius 2 is 1.07 bits per heavy atom. The fraction of sp³-hybridized carbons (Fsp3) is 0.533. The Bertz CT molecular complexity index is 723. The van der Waals surface area contributed by atoms with E-state index in [0.29, 0.717) is 0 Å². The highest BCUT2D eigenvalue weighted by Crippen LogP contribution is 2.01. The van der Waals surface area contributed by atoms with Gasteiger partial charge in [0, 0.05) is 0 Å². The molecule has 0 saturated carbocycles. The van der Waals surface area contributed by atoms with Crippen LogP contribution in [0.1, 0.15) is 26.2 Å². The second-order valence-electron chi connectivity index (χ2n) is 6.18. The van der Waals surface area contributed by atoms with E-state index in [1.807, 2.05) is 5.32 Å². The van der Waals surface area contributed by atoms with E-state index in [0.717, 1.165) is 0 Å². The molecule has 4 unspecified atom stereocenters. The van der Waals surface area contributed by atoms with Crippen LogP contribution in [-0.2, 0) is 33.6 Å². The molecule has 30 heavy (non-hydrogen) atoms. The third kappa shape index (κ3) is 9.98. The maximum absolute atomic E-state index is 12.4. The third-order valence-electron chi connectivity index (χ3n) is 3.46. The molecule has 0 heterocycles. The quantitative estimate of drug-likeness (QED) is 0.137. The number of aliphatic carboxylic acids is 3. The summed E-state index contributed by atoms with van der Waals surface area (Å²) in [5, 5.41) is 32.4. The fourth-order valence-corrected chi connectivity index (χ4v) is 2.02. The maximum atomic E-state index is 12.4.